The van der Waals surface area contributed by atoms with Gasteiger partial charge in [-0.05, 0) is 25.1 Å². The van der Waals surface area contributed by atoms with Crippen molar-refractivity contribution in [2.75, 3.05) is 20.3 Å². The molecule has 22 heavy (non-hydrogen) atoms. The third kappa shape index (κ3) is 3.43. The fourth-order valence-electron chi connectivity index (χ4n) is 2.25. The molecule has 0 atom stereocenters. The fourth-order valence-corrected chi connectivity index (χ4v) is 2.58. The first-order valence-electron chi connectivity index (χ1n) is 7.05. The van der Waals surface area contributed by atoms with E-state index in [1.54, 1.807) is 13.3 Å². The third-order valence-electron chi connectivity index (χ3n) is 3.27. The van der Waals surface area contributed by atoms with Crippen LogP contribution >= 0.6 is 11.6 Å². The summed E-state index contributed by atoms with van der Waals surface area (Å²) >= 11 is 6.53. The molecule has 0 fully saturated rings. The second kappa shape index (κ2) is 7.87. The molecule has 0 unspecified atom stereocenters. The molecule has 0 saturated carbocycles. The van der Waals surface area contributed by atoms with Crippen LogP contribution in [0.3, 0.4) is 0 Å². The highest BCUT2D eigenvalue weighted by Crippen LogP contribution is 2.31. The van der Waals surface area contributed by atoms with Gasteiger partial charge >= 0.3 is 0 Å². The number of hydrogen-bond acceptors (Lipinski definition) is 4. The van der Waals surface area contributed by atoms with Gasteiger partial charge in [-0.15, -0.1) is 0 Å². The van der Waals surface area contributed by atoms with E-state index >= 15 is 0 Å². The highest BCUT2D eigenvalue weighted by molar-refractivity contribution is 6.34. The largest absolute Gasteiger partial charge is 0.497 e. The predicted molar refractivity (Wildman–Crippen MR) is 90.9 cm³/mol. The van der Waals surface area contributed by atoms with Gasteiger partial charge in [0, 0.05) is 30.3 Å². The molecule has 0 saturated heterocycles. The molecular weight excluding hydrogens is 302 g/mol. The first-order chi connectivity index (χ1) is 10.7. The van der Waals surface area contributed by atoms with Crippen molar-refractivity contribution in [3.05, 3.63) is 41.7 Å². The lowest BCUT2D eigenvalue weighted by molar-refractivity contribution is 0.140. The average molecular weight is 322 g/mol. The lowest BCUT2D eigenvalue weighted by Gasteiger charge is -2.07. The maximum atomic E-state index is 6.53. The van der Waals surface area contributed by atoms with E-state index in [4.69, 9.17) is 21.1 Å². The van der Waals surface area contributed by atoms with Gasteiger partial charge in [-0.3, -0.25) is 5.43 Å². The number of fused-ring (bicyclic) bond motifs is 1. The topological polar surface area (TPSA) is 47.8 Å². The summed E-state index contributed by atoms with van der Waals surface area (Å²) in [5.41, 5.74) is 4.54. The van der Waals surface area contributed by atoms with E-state index in [0.29, 0.717) is 24.9 Å². The van der Waals surface area contributed by atoms with Crippen molar-refractivity contribution in [2.24, 2.45) is 5.10 Å². The highest BCUT2D eigenvalue weighted by Gasteiger charge is 2.15. The van der Waals surface area contributed by atoms with Crippen LogP contribution in [0, 0.1) is 0 Å². The second-order valence-electron chi connectivity index (χ2n) is 4.53. The molecule has 0 aliphatic carbocycles. The maximum absolute atomic E-state index is 6.53. The smallest absolute Gasteiger partial charge is 0.119 e. The van der Waals surface area contributed by atoms with Crippen molar-refractivity contribution in [3.63, 3.8) is 0 Å². The third-order valence-corrected chi connectivity index (χ3v) is 3.67. The van der Waals surface area contributed by atoms with E-state index in [1.807, 2.05) is 29.7 Å². The van der Waals surface area contributed by atoms with E-state index in [1.165, 1.54) is 6.20 Å². The number of hydrazone groups is 1. The van der Waals surface area contributed by atoms with E-state index in [-0.39, 0.29) is 0 Å². The lowest BCUT2D eigenvalue weighted by atomic mass is 10.2. The van der Waals surface area contributed by atoms with Gasteiger partial charge in [0.1, 0.15) is 10.9 Å². The van der Waals surface area contributed by atoms with Crippen molar-refractivity contribution in [3.8, 4) is 5.75 Å². The molecule has 0 aliphatic heterocycles. The molecule has 118 valence electrons. The second-order valence-corrected chi connectivity index (χ2v) is 4.89. The number of aromatic nitrogens is 1. The van der Waals surface area contributed by atoms with Crippen LogP contribution in [0.15, 0.2) is 36.1 Å². The van der Waals surface area contributed by atoms with Gasteiger partial charge in [0.05, 0.1) is 25.4 Å². The Hall–Kier alpha value is -1.98. The van der Waals surface area contributed by atoms with E-state index in [0.717, 1.165) is 22.2 Å². The van der Waals surface area contributed by atoms with Crippen LogP contribution in [0.5, 0.6) is 5.75 Å². The maximum Gasteiger partial charge on any atom is 0.119 e. The minimum absolute atomic E-state index is 0.605. The standard InChI is InChI=1S/C16H20ClN3O2/c1-4-18-19-11-14-13-10-12(21-3)6-7-15(13)20(16(14)17)8-9-22-5-2/h4,6-7,10-11,18H,1,5,8-9H2,2-3H3/b19-11+. The van der Waals surface area contributed by atoms with Crippen molar-refractivity contribution in [1.29, 1.82) is 0 Å². The molecule has 1 heterocycles. The van der Waals surface area contributed by atoms with Crippen molar-refractivity contribution < 1.29 is 9.47 Å². The lowest BCUT2D eigenvalue weighted by Crippen LogP contribution is -2.06. The Morgan fingerprint density at radius 2 is 2.27 bits per heavy atom. The number of benzene rings is 1. The minimum Gasteiger partial charge on any atom is -0.497 e. The summed E-state index contributed by atoms with van der Waals surface area (Å²) in [4.78, 5) is 0. The zero-order chi connectivity index (χ0) is 15.9. The van der Waals surface area contributed by atoms with Gasteiger partial charge in [-0.1, -0.05) is 18.2 Å². The van der Waals surface area contributed by atoms with Crippen molar-refractivity contribution in [1.82, 2.24) is 9.99 Å². The Morgan fingerprint density at radius 3 is 2.95 bits per heavy atom. The van der Waals surface area contributed by atoms with Crippen molar-refractivity contribution in [2.45, 2.75) is 13.5 Å². The molecule has 0 radical (unpaired) electrons. The molecular formula is C16H20ClN3O2. The highest BCUT2D eigenvalue weighted by atomic mass is 35.5. The average Bonchev–Trinajstić information content (AvgIpc) is 2.80. The summed E-state index contributed by atoms with van der Waals surface area (Å²) in [6.07, 6.45) is 3.18. The van der Waals surface area contributed by atoms with E-state index < -0.39 is 0 Å². The number of hydrogen-bond donors (Lipinski definition) is 1. The molecule has 0 aliphatic rings. The van der Waals surface area contributed by atoms with Crippen LogP contribution in [0.2, 0.25) is 5.15 Å². The molecule has 0 amide bonds. The zero-order valence-corrected chi connectivity index (χ0v) is 13.6. The molecule has 2 aromatic rings. The Balaban J connectivity index is 2.49. The van der Waals surface area contributed by atoms with Crippen LogP contribution in [0.25, 0.3) is 10.9 Å². The van der Waals surface area contributed by atoms with Crippen LogP contribution in [0.4, 0.5) is 0 Å². The summed E-state index contributed by atoms with van der Waals surface area (Å²) in [5.74, 6) is 0.775. The first kappa shape index (κ1) is 16.4. The number of nitrogens with zero attached hydrogens (tertiary/aromatic N) is 2. The number of halogens is 1. The van der Waals surface area contributed by atoms with Crippen LogP contribution in [-0.2, 0) is 11.3 Å². The molecule has 1 aromatic carbocycles. The Kier molecular flexibility index (Phi) is 5.86. The SMILES string of the molecule is C=CN/N=C/c1c(Cl)n(CCOCC)c2ccc(OC)cc12. The van der Waals surface area contributed by atoms with E-state index in [9.17, 15) is 0 Å². The van der Waals surface area contributed by atoms with Gasteiger partial charge in [-0.25, -0.2) is 0 Å². The number of ether oxygens (including phenoxy) is 2. The molecule has 1 N–H and O–H groups in total. The summed E-state index contributed by atoms with van der Waals surface area (Å²) in [7, 11) is 1.64. The molecule has 0 bridgehead atoms. The molecule has 0 spiro atoms. The van der Waals surface area contributed by atoms with Crippen LogP contribution in [0.1, 0.15) is 12.5 Å². The number of nitrogens with one attached hydrogen (secondary N) is 1. The monoisotopic (exact) mass is 321 g/mol. The summed E-state index contributed by atoms with van der Waals surface area (Å²) in [6.45, 7) is 7.50. The Morgan fingerprint density at radius 1 is 1.45 bits per heavy atom. The molecule has 1 aromatic heterocycles. The normalized spacial score (nSPS) is 11.2. The van der Waals surface area contributed by atoms with Gasteiger partial charge in [0.2, 0.25) is 0 Å². The molecule has 5 nitrogen and oxygen atoms in total. The predicted octanol–water partition coefficient (Wildman–Crippen LogP) is 3.41. The molecule has 6 heteroatoms. The quantitative estimate of drug-likeness (QED) is 0.460. The number of methoxy groups -OCH3 is 1. The summed E-state index contributed by atoms with van der Waals surface area (Å²) in [5, 5.41) is 5.68. The first-order valence-corrected chi connectivity index (χ1v) is 7.43. The van der Waals surface area contributed by atoms with Gasteiger partial charge in [0.25, 0.3) is 0 Å². The van der Waals surface area contributed by atoms with Gasteiger partial charge < -0.3 is 14.0 Å². The number of rotatable bonds is 8. The Bertz CT molecular complexity index is 680. The summed E-state index contributed by atoms with van der Waals surface area (Å²) < 4.78 is 12.7. The fraction of sp³-hybridized carbons (Fsp3) is 0.312. The zero-order valence-electron chi connectivity index (χ0n) is 12.8. The van der Waals surface area contributed by atoms with Gasteiger partial charge in [-0.2, -0.15) is 5.10 Å². The summed E-state index contributed by atoms with van der Waals surface area (Å²) in [6, 6.07) is 5.86. The minimum atomic E-state index is 0.605. The van der Waals surface area contributed by atoms with Crippen molar-refractivity contribution >= 4 is 28.7 Å². The van der Waals surface area contributed by atoms with Crippen LogP contribution < -0.4 is 10.2 Å². The Labute approximate surface area is 135 Å². The van der Waals surface area contributed by atoms with Gasteiger partial charge in [0.15, 0.2) is 0 Å². The van der Waals surface area contributed by atoms with Crippen LogP contribution in [-0.4, -0.2) is 31.1 Å². The van der Waals surface area contributed by atoms with E-state index in [2.05, 4.69) is 17.1 Å². The molecule has 2 rings (SSSR count).